The minimum atomic E-state index is -0.659. The van der Waals surface area contributed by atoms with Crippen molar-refractivity contribution in [3.63, 3.8) is 0 Å². The third-order valence-corrected chi connectivity index (χ3v) is 4.40. The van der Waals surface area contributed by atoms with Crippen LogP contribution < -0.4 is 11.1 Å². The third-order valence-electron chi connectivity index (χ3n) is 4.40. The average Bonchev–Trinajstić information content (AvgIpc) is 3.20. The highest BCUT2D eigenvalue weighted by Gasteiger charge is 2.11. The monoisotopic (exact) mass is 345 g/mol. The quantitative estimate of drug-likeness (QED) is 0.661. The molecule has 3 heterocycles. The number of aliphatic hydroxyl groups is 1. The van der Waals surface area contributed by atoms with Gasteiger partial charge in [-0.2, -0.15) is 0 Å². The first-order valence-electron chi connectivity index (χ1n) is 8.42. The zero-order valence-electron chi connectivity index (χ0n) is 14.1. The molecule has 4 N–H and O–H groups in total. The van der Waals surface area contributed by atoms with Crippen LogP contribution in [-0.2, 0) is 0 Å². The van der Waals surface area contributed by atoms with E-state index in [9.17, 15) is 5.11 Å². The number of allylic oxidation sites excluding steroid dienone is 1. The summed E-state index contributed by atoms with van der Waals surface area (Å²) in [6.07, 6.45) is 6.52. The fourth-order valence-corrected chi connectivity index (χ4v) is 3.03. The molecule has 0 radical (unpaired) electrons. The van der Waals surface area contributed by atoms with Gasteiger partial charge in [-0.05, 0) is 29.3 Å². The van der Waals surface area contributed by atoms with Crippen LogP contribution in [0.5, 0.6) is 0 Å². The van der Waals surface area contributed by atoms with Gasteiger partial charge < -0.3 is 16.2 Å². The standard InChI is InChI=1S/C20H19N5O/c21-20-9-17(24-12-19(26)15-2-1-6-22-11-15)16-4-3-13(8-18(16)25-20)14-5-7-23-10-14/h1-9,11,19,26H,10,12H2,(H3,21,24,25). The number of nitrogen functional groups attached to an aromatic ring is 1. The molecule has 0 spiro atoms. The smallest absolute Gasteiger partial charge is 0.126 e. The van der Waals surface area contributed by atoms with Gasteiger partial charge in [-0.25, -0.2) is 4.98 Å². The Labute approximate surface area is 151 Å². The van der Waals surface area contributed by atoms with Crippen molar-refractivity contribution in [2.75, 3.05) is 24.1 Å². The van der Waals surface area contributed by atoms with Gasteiger partial charge >= 0.3 is 0 Å². The van der Waals surface area contributed by atoms with Crippen LogP contribution in [0.2, 0.25) is 0 Å². The van der Waals surface area contributed by atoms with E-state index < -0.39 is 6.10 Å². The Hall–Kier alpha value is -3.25. The van der Waals surface area contributed by atoms with Gasteiger partial charge in [-0.3, -0.25) is 9.98 Å². The van der Waals surface area contributed by atoms with Gasteiger partial charge in [-0.1, -0.05) is 18.2 Å². The summed E-state index contributed by atoms with van der Waals surface area (Å²) < 4.78 is 0. The number of pyridine rings is 2. The molecule has 6 nitrogen and oxygen atoms in total. The number of fused-ring (bicyclic) bond motifs is 1. The Kier molecular flexibility index (Phi) is 4.33. The summed E-state index contributed by atoms with van der Waals surface area (Å²) in [7, 11) is 0. The van der Waals surface area contributed by atoms with Crippen molar-refractivity contribution in [1.82, 2.24) is 9.97 Å². The third kappa shape index (κ3) is 3.27. The lowest BCUT2D eigenvalue weighted by molar-refractivity contribution is 0.191. The molecule has 1 unspecified atom stereocenters. The molecule has 4 rings (SSSR count). The van der Waals surface area contributed by atoms with Gasteiger partial charge in [0.1, 0.15) is 5.82 Å². The highest BCUT2D eigenvalue weighted by molar-refractivity contribution is 5.97. The van der Waals surface area contributed by atoms with Gasteiger partial charge in [0.05, 0.1) is 18.2 Å². The predicted octanol–water partition coefficient (Wildman–Crippen LogP) is 2.83. The normalized spacial score (nSPS) is 14.4. The summed E-state index contributed by atoms with van der Waals surface area (Å²) >= 11 is 0. The van der Waals surface area contributed by atoms with E-state index in [1.807, 2.05) is 30.5 Å². The number of nitrogens with two attached hydrogens (primary N) is 1. The molecule has 0 saturated carbocycles. The number of rotatable bonds is 5. The highest BCUT2D eigenvalue weighted by Crippen LogP contribution is 2.28. The highest BCUT2D eigenvalue weighted by atomic mass is 16.3. The maximum atomic E-state index is 10.3. The predicted molar refractivity (Wildman–Crippen MR) is 105 cm³/mol. The van der Waals surface area contributed by atoms with E-state index in [4.69, 9.17) is 5.73 Å². The lowest BCUT2D eigenvalue weighted by Crippen LogP contribution is -2.13. The van der Waals surface area contributed by atoms with E-state index >= 15 is 0 Å². The van der Waals surface area contributed by atoms with Crippen molar-refractivity contribution in [1.29, 1.82) is 0 Å². The number of nitrogens with zero attached hydrogens (tertiary/aromatic N) is 3. The Balaban J connectivity index is 1.60. The number of aromatic nitrogens is 2. The molecule has 1 aliphatic rings. The largest absolute Gasteiger partial charge is 0.387 e. The van der Waals surface area contributed by atoms with E-state index in [0.717, 1.165) is 33.3 Å². The summed E-state index contributed by atoms with van der Waals surface area (Å²) in [6.45, 7) is 1.04. The molecule has 2 aromatic heterocycles. The number of anilines is 2. The second-order valence-electron chi connectivity index (χ2n) is 6.19. The van der Waals surface area contributed by atoms with E-state index in [0.29, 0.717) is 18.9 Å². The van der Waals surface area contributed by atoms with Crippen LogP contribution in [0.15, 0.2) is 59.9 Å². The fraction of sp³-hybridized carbons (Fsp3) is 0.150. The maximum Gasteiger partial charge on any atom is 0.126 e. The van der Waals surface area contributed by atoms with Gasteiger partial charge in [-0.15, -0.1) is 0 Å². The second-order valence-corrected chi connectivity index (χ2v) is 6.19. The van der Waals surface area contributed by atoms with E-state index in [1.54, 1.807) is 24.5 Å². The number of benzene rings is 1. The molecule has 1 aliphatic heterocycles. The van der Waals surface area contributed by atoms with Crippen LogP contribution >= 0.6 is 0 Å². The maximum absolute atomic E-state index is 10.3. The number of aliphatic imine (C=N–C) groups is 1. The number of aliphatic hydroxyl groups excluding tert-OH is 1. The van der Waals surface area contributed by atoms with Gasteiger partial charge in [0.15, 0.2) is 0 Å². The van der Waals surface area contributed by atoms with Crippen LogP contribution in [0.4, 0.5) is 11.5 Å². The van der Waals surface area contributed by atoms with E-state index in [1.165, 1.54) is 0 Å². The first-order valence-corrected chi connectivity index (χ1v) is 8.42. The van der Waals surface area contributed by atoms with Crippen LogP contribution in [0.1, 0.15) is 17.2 Å². The van der Waals surface area contributed by atoms with E-state index in [-0.39, 0.29) is 0 Å². The molecule has 26 heavy (non-hydrogen) atoms. The minimum Gasteiger partial charge on any atom is -0.387 e. The molecule has 0 bridgehead atoms. The summed E-state index contributed by atoms with van der Waals surface area (Å²) in [4.78, 5) is 12.7. The average molecular weight is 345 g/mol. The lowest BCUT2D eigenvalue weighted by atomic mass is 10.0. The summed E-state index contributed by atoms with van der Waals surface area (Å²) in [5.74, 6) is 0.435. The molecule has 0 aliphatic carbocycles. The topological polar surface area (TPSA) is 96.4 Å². The molecule has 0 amide bonds. The van der Waals surface area contributed by atoms with Gasteiger partial charge in [0.25, 0.3) is 0 Å². The summed E-state index contributed by atoms with van der Waals surface area (Å²) in [5.41, 5.74) is 10.7. The van der Waals surface area contributed by atoms with Crippen LogP contribution in [-0.4, -0.2) is 34.4 Å². The molecule has 1 atom stereocenters. The summed E-state index contributed by atoms with van der Waals surface area (Å²) in [5, 5.41) is 14.6. The number of nitrogens with one attached hydrogen (secondary N) is 1. The molecular weight excluding hydrogens is 326 g/mol. The fourth-order valence-electron chi connectivity index (χ4n) is 3.03. The van der Waals surface area contributed by atoms with Gasteiger partial charge in [0.2, 0.25) is 0 Å². The van der Waals surface area contributed by atoms with Crippen LogP contribution in [0.25, 0.3) is 16.5 Å². The molecule has 130 valence electrons. The Morgan fingerprint density at radius 1 is 1.23 bits per heavy atom. The molecular formula is C20H19N5O. The van der Waals surface area contributed by atoms with Crippen molar-refractivity contribution in [3.05, 3.63) is 66.0 Å². The zero-order valence-corrected chi connectivity index (χ0v) is 14.1. The molecule has 0 saturated heterocycles. The Morgan fingerprint density at radius 2 is 2.15 bits per heavy atom. The first-order chi connectivity index (χ1) is 12.7. The summed E-state index contributed by atoms with van der Waals surface area (Å²) in [6, 6.07) is 11.5. The SMILES string of the molecule is Nc1cc(NCC(O)c2cccnc2)c2ccc(C3=CC=NC3)cc2n1. The molecule has 1 aromatic carbocycles. The Morgan fingerprint density at radius 3 is 2.92 bits per heavy atom. The van der Waals surface area contributed by atoms with Gasteiger partial charge in [0, 0.05) is 47.9 Å². The first kappa shape index (κ1) is 16.2. The molecule has 0 fully saturated rings. The second kappa shape index (κ2) is 6.93. The van der Waals surface area contributed by atoms with E-state index in [2.05, 4.69) is 26.3 Å². The van der Waals surface area contributed by atoms with Crippen molar-refractivity contribution in [2.45, 2.75) is 6.10 Å². The van der Waals surface area contributed by atoms with Crippen molar-refractivity contribution < 1.29 is 5.11 Å². The van der Waals surface area contributed by atoms with Crippen LogP contribution in [0, 0.1) is 0 Å². The number of hydrogen-bond acceptors (Lipinski definition) is 6. The minimum absolute atomic E-state index is 0.352. The number of hydrogen-bond donors (Lipinski definition) is 3. The molecule has 6 heteroatoms. The van der Waals surface area contributed by atoms with Crippen LogP contribution in [0.3, 0.4) is 0 Å². The Bertz CT molecular complexity index is 998. The molecule has 3 aromatic rings. The zero-order chi connectivity index (χ0) is 17.9. The van der Waals surface area contributed by atoms with Crippen molar-refractivity contribution in [2.24, 2.45) is 4.99 Å². The van der Waals surface area contributed by atoms with Crippen molar-refractivity contribution >= 4 is 34.2 Å². The van der Waals surface area contributed by atoms with Crippen molar-refractivity contribution in [3.8, 4) is 0 Å². The lowest BCUT2D eigenvalue weighted by Gasteiger charge is -2.15.